The van der Waals surface area contributed by atoms with Gasteiger partial charge in [-0.2, -0.15) is 5.10 Å². The van der Waals surface area contributed by atoms with Crippen molar-refractivity contribution in [2.45, 2.75) is 32.6 Å². The molecule has 0 saturated carbocycles. The molecule has 0 aliphatic heterocycles. The summed E-state index contributed by atoms with van der Waals surface area (Å²) in [6, 6.07) is 18.7. The van der Waals surface area contributed by atoms with Gasteiger partial charge in [-0.15, -0.1) is 0 Å². The Hall–Kier alpha value is -4.26. The molecule has 1 aliphatic rings. The number of aromatic nitrogens is 1. The summed E-state index contributed by atoms with van der Waals surface area (Å²) >= 11 is 0. The second kappa shape index (κ2) is 9.31. The molecule has 0 atom stereocenters. The van der Waals surface area contributed by atoms with Gasteiger partial charge in [-0.25, -0.2) is 10.2 Å². The van der Waals surface area contributed by atoms with Crippen molar-refractivity contribution in [1.29, 1.82) is 0 Å². The van der Waals surface area contributed by atoms with E-state index in [0.717, 1.165) is 22.9 Å². The molecular weight excluding hydrogens is 430 g/mol. The lowest BCUT2D eigenvalue weighted by Gasteiger charge is -2.13. The van der Waals surface area contributed by atoms with Crippen molar-refractivity contribution in [3.8, 4) is 5.75 Å². The van der Waals surface area contributed by atoms with Gasteiger partial charge >= 0.3 is 5.97 Å². The Bertz CT molecular complexity index is 1400. The number of hydrazone groups is 1. The van der Waals surface area contributed by atoms with Crippen LogP contribution in [-0.4, -0.2) is 22.6 Å². The smallest absolute Gasteiger partial charge is 0.380 e. The molecule has 34 heavy (non-hydrogen) atoms. The molecule has 4 aromatic rings. The number of benzene rings is 2. The average Bonchev–Trinajstić information content (AvgIpc) is 3.21. The lowest BCUT2D eigenvalue weighted by atomic mass is 9.93. The molecule has 1 amide bonds. The Kier molecular flexibility index (Phi) is 5.91. The van der Waals surface area contributed by atoms with E-state index in [0.29, 0.717) is 41.1 Å². The Morgan fingerprint density at radius 2 is 1.88 bits per heavy atom. The fraction of sp³-hybridized carbons (Fsp3) is 0.185. The van der Waals surface area contributed by atoms with Crippen LogP contribution < -0.4 is 10.2 Å². The zero-order chi connectivity index (χ0) is 23.5. The molecule has 1 aliphatic carbocycles. The number of furan rings is 1. The Balaban J connectivity index is 1.37. The zero-order valence-electron chi connectivity index (χ0n) is 18.7. The van der Waals surface area contributed by atoms with Crippen LogP contribution in [0.4, 0.5) is 0 Å². The molecule has 0 fully saturated rings. The third-order valence-corrected chi connectivity index (χ3v) is 5.83. The van der Waals surface area contributed by atoms with Crippen LogP contribution in [0.2, 0.25) is 0 Å². The predicted molar refractivity (Wildman–Crippen MR) is 128 cm³/mol. The SMILES string of the molecule is Cc1c(C(=O)Oc2cccc3cccnc23)oc2c1/C(=N/NC(=O)Cc1ccccc1)CCC2. The van der Waals surface area contributed by atoms with Crippen LogP contribution in [0.5, 0.6) is 5.75 Å². The van der Waals surface area contributed by atoms with Gasteiger partial charge in [0.2, 0.25) is 11.7 Å². The average molecular weight is 453 g/mol. The monoisotopic (exact) mass is 453 g/mol. The molecule has 0 saturated heterocycles. The summed E-state index contributed by atoms with van der Waals surface area (Å²) in [6.45, 7) is 1.81. The number of para-hydroxylation sites is 1. The van der Waals surface area contributed by atoms with Crippen molar-refractivity contribution >= 4 is 28.5 Å². The number of carbonyl (C=O) groups is 2. The summed E-state index contributed by atoms with van der Waals surface area (Å²) in [5.74, 6) is 0.414. The summed E-state index contributed by atoms with van der Waals surface area (Å²) in [6.07, 6.45) is 4.09. The number of hydrogen-bond donors (Lipinski definition) is 1. The second-order valence-corrected chi connectivity index (χ2v) is 8.18. The molecule has 0 spiro atoms. The molecule has 1 N–H and O–H groups in total. The molecule has 0 bridgehead atoms. The van der Waals surface area contributed by atoms with Crippen LogP contribution in [0.25, 0.3) is 10.9 Å². The quantitative estimate of drug-likeness (QED) is 0.267. The number of aryl methyl sites for hydroxylation is 1. The van der Waals surface area contributed by atoms with Gasteiger partial charge < -0.3 is 9.15 Å². The summed E-state index contributed by atoms with van der Waals surface area (Å²) in [4.78, 5) is 29.7. The maximum absolute atomic E-state index is 13.0. The van der Waals surface area contributed by atoms with Crippen molar-refractivity contribution in [2.24, 2.45) is 5.10 Å². The summed E-state index contributed by atoms with van der Waals surface area (Å²) in [7, 11) is 0. The maximum atomic E-state index is 13.0. The van der Waals surface area contributed by atoms with Crippen molar-refractivity contribution < 1.29 is 18.7 Å². The van der Waals surface area contributed by atoms with Gasteiger partial charge in [0.05, 0.1) is 12.1 Å². The van der Waals surface area contributed by atoms with E-state index in [1.165, 1.54) is 0 Å². The lowest BCUT2D eigenvalue weighted by molar-refractivity contribution is -0.120. The number of esters is 1. The molecule has 2 heterocycles. The van der Waals surface area contributed by atoms with E-state index in [2.05, 4.69) is 15.5 Å². The number of nitrogens with one attached hydrogen (secondary N) is 1. The molecule has 5 rings (SSSR count). The van der Waals surface area contributed by atoms with E-state index in [-0.39, 0.29) is 18.1 Å². The summed E-state index contributed by atoms with van der Waals surface area (Å²) in [5.41, 5.74) is 6.30. The number of fused-ring (bicyclic) bond motifs is 2. The summed E-state index contributed by atoms with van der Waals surface area (Å²) in [5, 5.41) is 5.25. The number of carbonyl (C=O) groups excluding carboxylic acids is 2. The molecule has 0 unspecified atom stereocenters. The first kappa shape index (κ1) is 21.6. The van der Waals surface area contributed by atoms with Gasteiger partial charge in [-0.3, -0.25) is 9.78 Å². The topological polar surface area (TPSA) is 93.8 Å². The Morgan fingerprint density at radius 1 is 1.06 bits per heavy atom. The van der Waals surface area contributed by atoms with Crippen molar-refractivity contribution in [2.75, 3.05) is 0 Å². The van der Waals surface area contributed by atoms with Crippen molar-refractivity contribution in [3.63, 3.8) is 0 Å². The first-order valence-corrected chi connectivity index (χ1v) is 11.2. The van der Waals surface area contributed by atoms with E-state index in [1.807, 2.05) is 61.5 Å². The third-order valence-electron chi connectivity index (χ3n) is 5.83. The van der Waals surface area contributed by atoms with E-state index in [9.17, 15) is 9.59 Å². The minimum atomic E-state index is -0.586. The maximum Gasteiger partial charge on any atom is 0.380 e. The summed E-state index contributed by atoms with van der Waals surface area (Å²) < 4.78 is 11.6. The van der Waals surface area contributed by atoms with Gasteiger partial charge in [0.15, 0.2) is 5.75 Å². The second-order valence-electron chi connectivity index (χ2n) is 8.18. The minimum Gasteiger partial charge on any atom is -0.453 e. The number of rotatable bonds is 5. The van der Waals surface area contributed by atoms with Crippen LogP contribution in [0.15, 0.2) is 76.4 Å². The highest BCUT2D eigenvalue weighted by Crippen LogP contribution is 2.31. The molecular formula is C27H23N3O4. The van der Waals surface area contributed by atoms with Gasteiger partial charge in [0, 0.05) is 29.1 Å². The minimum absolute atomic E-state index is 0.142. The van der Waals surface area contributed by atoms with Crippen molar-refractivity contribution in [1.82, 2.24) is 10.4 Å². The van der Waals surface area contributed by atoms with Crippen LogP contribution in [0, 0.1) is 6.92 Å². The molecule has 0 radical (unpaired) electrons. The molecule has 170 valence electrons. The van der Waals surface area contributed by atoms with E-state index in [4.69, 9.17) is 9.15 Å². The molecule has 7 heteroatoms. The Morgan fingerprint density at radius 3 is 2.74 bits per heavy atom. The fourth-order valence-corrected chi connectivity index (χ4v) is 4.23. The predicted octanol–water partition coefficient (Wildman–Crippen LogP) is 4.75. The molecule has 7 nitrogen and oxygen atoms in total. The van der Waals surface area contributed by atoms with Gasteiger partial charge in [0.25, 0.3) is 0 Å². The van der Waals surface area contributed by atoms with E-state index >= 15 is 0 Å². The molecule has 2 aromatic heterocycles. The first-order valence-electron chi connectivity index (χ1n) is 11.2. The standard InChI is InChI=1S/C27H23N3O4/c1-17-24-20(29-30-23(31)16-18-8-3-2-4-9-18)12-6-13-21(24)33-26(17)27(32)34-22-14-5-10-19-11-7-15-28-25(19)22/h2-5,7-11,14-15H,6,12-13,16H2,1H3,(H,30,31)/b29-20+. The van der Waals surface area contributed by atoms with Gasteiger partial charge in [-0.1, -0.05) is 48.5 Å². The number of pyridine rings is 1. The van der Waals surface area contributed by atoms with Gasteiger partial charge in [0.1, 0.15) is 11.3 Å². The highest BCUT2D eigenvalue weighted by molar-refractivity contribution is 6.06. The molecule has 2 aromatic carbocycles. The zero-order valence-corrected chi connectivity index (χ0v) is 18.7. The van der Waals surface area contributed by atoms with E-state index < -0.39 is 5.97 Å². The fourth-order valence-electron chi connectivity index (χ4n) is 4.23. The van der Waals surface area contributed by atoms with Crippen LogP contribution >= 0.6 is 0 Å². The van der Waals surface area contributed by atoms with Crippen LogP contribution in [0.1, 0.15) is 45.8 Å². The third kappa shape index (κ3) is 4.32. The number of amides is 1. The highest BCUT2D eigenvalue weighted by atomic mass is 16.5. The first-order chi connectivity index (χ1) is 16.6. The highest BCUT2D eigenvalue weighted by Gasteiger charge is 2.29. The van der Waals surface area contributed by atoms with Crippen molar-refractivity contribution in [3.05, 3.63) is 95.1 Å². The Labute approximate surface area is 196 Å². The lowest BCUT2D eigenvalue weighted by Crippen LogP contribution is -2.23. The number of nitrogens with zero attached hydrogens (tertiary/aromatic N) is 2. The number of hydrogen-bond acceptors (Lipinski definition) is 6. The normalized spacial score (nSPS) is 14.1. The van der Waals surface area contributed by atoms with Crippen LogP contribution in [0.3, 0.4) is 0 Å². The number of ether oxygens (including phenoxy) is 1. The van der Waals surface area contributed by atoms with Crippen LogP contribution in [-0.2, 0) is 17.6 Å². The van der Waals surface area contributed by atoms with Gasteiger partial charge in [-0.05, 0) is 37.5 Å². The van der Waals surface area contributed by atoms with E-state index in [1.54, 1.807) is 12.3 Å². The largest absolute Gasteiger partial charge is 0.453 e.